The Morgan fingerprint density at radius 3 is 1.85 bits per heavy atom. The minimum atomic E-state index is -0.0574. The average molecular weight is 1080 g/mol. The summed E-state index contributed by atoms with van der Waals surface area (Å²) in [6.07, 6.45) is 13.5. The fourth-order valence-electron chi connectivity index (χ4n) is 12.1. The molecule has 0 bridgehead atoms. The van der Waals surface area contributed by atoms with Gasteiger partial charge in [0.2, 0.25) is 0 Å². The van der Waals surface area contributed by atoms with Gasteiger partial charge >= 0.3 is 334 Å². The molecule has 2 fully saturated rings. The van der Waals surface area contributed by atoms with Gasteiger partial charge in [-0.3, -0.25) is 0 Å². The van der Waals surface area contributed by atoms with E-state index in [0.717, 1.165) is 37.8 Å². The van der Waals surface area contributed by atoms with Crippen LogP contribution in [0.1, 0.15) is 122 Å². The van der Waals surface area contributed by atoms with Crippen LogP contribution in [0.2, 0.25) is 0 Å². The fraction of sp³-hybridized carbons (Fsp3) is 0.323. The zero-order chi connectivity index (χ0) is 46.8. The molecule has 2 unspecified atom stereocenters. The van der Waals surface area contributed by atoms with E-state index in [0.29, 0.717) is 11.8 Å². The standard InChI is InChI=1S/C62H64N4O.Pt/c1-60(2,3)45-33-36-63-58(39-45)66-57-41-49(31-32-51(57)50-27-14-15-28-54(50)62(66)34-18-9-19-35-62)67-48-26-20-25-47(40-48)64-42-65(56-30-17-16-29-55(56)64)59-52(43-21-10-7-11-22-43)37-46(61(4,5)6)38-53(59)44-23-12-8-13-24-44;/h7-8,10-13,16-17,20-26,29-33,36-41,50,54H,9,14-15,18-19,27-28,34-35H2,1-6H3;. The van der Waals surface area contributed by atoms with Crippen LogP contribution in [0.4, 0.5) is 11.5 Å². The molecule has 5 nitrogen and oxygen atoms in total. The van der Waals surface area contributed by atoms with Gasteiger partial charge in [0.15, 0.2) is 0 Å². The molecule has 1 aliphatic heterocycles. The molecule has 2 atom stereocenters. The molecule has 0 N–H and O–H groups in total. The third-order valence-corrected chi connectivity index (χ3v) is 16.5. The third kappa shape index (κ3) is 7.93. The molecule has 8 aromatic rings. The van der Waals surface area contributed by atoms with E-state index in [4.69, 9.17) is 9.72 Å². The number of ether oxygens (including phenoxy) is 1. The van der Waals surface area contributed by atoms with E-state index in [-0.39, 0.29) is 16.4 Å². The van der Waals surface area contributed by atoms with Crippen molar-refractivity contribution in [1.29, 1.82) is 0 Å². The SMILES string of the molecule is CC(C)(C)c1ccnc(N2c3cc(Oc4cccc(-n5[c](=[Pt])n(-c6c(-c7ccccc7)cc(C(C)(C)C)cc6-c6ccccc6)c6ccccc65)c4)ccc3C3CCCCC3C23CCCCC3)c1. The van der Waals surface area contributed by atoms with Crippen LogP contribution >= 0.6 is 0 Å². The summed E-state index contributed by atoms with van der Waals surface area (Å²) in [6, 6.07) is 55.7. The van der Waals surface area contributed by atoms with Gasteiger partial charge < -0.3 is 0 Å². The molecule has 2 saturated carbocycles. The number of fused-ring (bicyclic) bond motifs is 5. The Morgan fingerprint density at radius 1 is 0.574 bits per heavy atom. The number of rotatable bonds is 7. The van der Waals surface area contributed by atoms with Gasteiger partial charge in [-0.2, -0.15) is 0 Å². The molecule has 3 heterocycles. The van der Waals surface area contributed by atoms with Gasteiger partial charge in [-0.1, -0.05) is 52.9 Å². The molecule has 6 heteroatoms. The van der Waals surface area contributed by atoms with Crippen molar-refractivity contribution >= 4 is 22.5 Å². The smallest absolute Gasteiger partial charge is 0.0531 e. The topological polar surface area (TPSA) is 35.2 Å². The summed E-state index contributed by atoms with van der Waals surface area (Å²) in [6.45, 7) is 13.9. The Hall–Kier alpha value is -5.77. The summed E-state index contributed by atoms with van der Waals surface area (Å²) >= 11 is 2.55. The number of pyridine rings is 1. The summed E-state index contributed by atoms with van der Waals surface area (Å²) < 4.78 is 13.0. The second-order valence-electron chi connectivity index (χ2n) is 21.8. The van der Waals surface area contributed by atoms with Crippen molar-refractivity contribution in [2.24, 2.45) is 5.92 Å². The first-order valence-electron chi connectivity index (χ1n) is 25.1. The average Bonchev–Trinajstić information content (AvgIpc) is 3.65. The Balaban J connectivity index is 1.05. The first kappa shape index (κ1) is 44.7. The molecule has 11 rings (SSSR count). The number of anilines is 2. The van der Waals surface area contributed by atoms with Crippen LogP contribution in [-0.2, 0) is 30.2 Å². The molecule has 68 heavy (non-hydrogen) atoms. The third-order valence-electron chi connectivity index (χ3n) is 15.5. The van der Waals surface area contributed by atoms with Crippen molar-refractivity contribution in [2.75, 3.05) is 4.90 Å². The molecule has 0 saturated heterocycles. The molecular formula is C62H64N4OPt. The van der Waals surface area contributed by atoms with Crippen LogP contribution in [0.5, 0.6) is 11.5 Å². The van der Waals surface area contributed by atoms with Crippen molar-refractivity contribution < 1.29 is 24.1 Å². The summed E-state index contributed by atoms with van der Waals surface area (Å²) in [7, 11) is 0. The van der Waals surface area contributed by atoms with E-state index >= 15 is 0 Å². The summed E-state index contributed by atoms with van der Waals surface area (Å²) in [4.78, 5) is 7.94. The quantitative estimate of drug-likeness (QED) is 0.160. The second-order valence-corrected chi connectivity index (χ2v) is 22.8. The van der Waals surface area contributed by atoms with E-state index in [1.165, 1.54) is 108 Å². The van der Waals surface area contributed by atoms with E-state index in [2.05, 4.69) is 227 Å². The molecule has 0 radical (unpaired) electrons. The van der Waals surface area contributed by atoms with Gasteiger partial charge in [-0.25, -0.2) is 0 Å². The summed E-state index contributed by atoms with van der Waals surface area (Å²) in [5, 5.41) is 0. The number of aromatic nitrogens is 3. The maximum absolute atomic E-state index is 7.05. The Labute approximate surface area is 414 Å². The molecule has 2 aromatic heterocycles. The Bertz CT molecular complexity index is 3140. The van der Waals surface area contributed by atoms with E-state index in [1.54, 1.807) is 0 Å². The van der Waals surface area contributed by atoms with Crippen LogP contribution in [-0.4, -0.2) is 19.7 Å². The number of nitrogens with zero attached hydrogens (tertiary/aromatic N) is 4. The number of benzene rings is 6. The Morgan fingerprint density at radius 2 is 1.19 bits per heavy atom. The summed E-state index contributed by atoms with van der Waals surface area (Å²) in [5.74, 6) is 3.94. The normalized spacial score (nSPS) is 18.1. The van der Waals surface area contributed by atoms with Crippen LogP contribution in [0.25, 0.3) is 44.7 Å². The van der Waals surface area contributed by atoms with Crippen LogP contribution in [0.3, 0.4) is 0 Å². The van der Waals surface area contributed by atoms with Crippen molar-refractivity contribution in [3.63, 3.8) is 0 Å². The minimum Gasteiger partial charge on any atom is -0.0531 e. The molecule has 2 aliphatic carbocycles. The van der Waals surface area contributed by atoms with Gasteiger partial charge in [0.25, 0.3) is 0 Å². The van der Waals surface area contributed by atoms with E-state index < -0.39 is 0 Å². The molecule has 0 amide bonds. The van der Waals surface area contributed by atoms with E-state index in [1.807, 2.05) is 6.20 Å². The van der Waals surface area contributed by atoms with Crippen LogP contribution in [0.15, 0.2) is 158 Å². The van der Waals surface area contributed by atoms with Gasteiger partial charge in [0.05, 0.1) is 0 Å². The first-order chi connectivity index (χ1) is 32.9. The van der Waals surface area contributed by atoms with Crippen molar-refractivity contribution in [3.05, 3.63) is 178 Å². The van der Waals surface area contributed by atoms with Gasteiger partial charge in [0.1, 0.15) is 0 Å². The number of hydrogen-bond donors (Lipinski definition) is 0. The Kier molecular flexibility index (Phi) is 11.6. The van der Waals surface area contributed by atoms with Gasteiger partial charge in [0, 0.05) is 6.20 Å². The van der Waals surface area contributed by atoms with Crippen molar-refractivity contribution in [3.8, 4) is 45.1 Å². The molecule has 6 aromatic carbocycles. The molecule has 1 spiro atoms. The van der Waals surface area contributed by atoms with Crippen LogP contribution < -0.4 is 9.64 Å². The van der Waals surface area contributed by atoms with Crippen LogP contribution in [0, 0.1) is 9.72 Å². The minimum absolute atomic E-state index is 0.0206. The zero-order valence-corrected chi connectivity index (χ0v) is 42.8. The van der Waals surface area contributed by atoms with Gasteiger partial charge in [-0.15, -0.1) is 0 Å². The van der Waals surface area contributed by atoms with Crippen molar-refractivity contribution in [1.82, 2.24) is 14.1 Å². The first-order valence-corrected chi connectivity index (χ1v) is 26.2. The fourth-order valence-corrected chi connectivity index (χ4v) is 13.2. The second kappa shape index (κ2) is 17.6. The summed E-state index contributed by atoms with van der Waals surface area (Å²) in [5.41, 5.74) is 14.7. The number of imidazole rings is 1. The van der Waals surface area contributed by atoms with E-state index in [9.17, 15) is 0 Å². The number of hydrogen-bond acceptors (Lipinski definition) is 3. The molecule has 3 aliphatic rings. The predicted octanol–water partition coefficient (Wildman–Crippen LogP) is 16.7. The maximum atomic E-state index is 7.05. The monoisotopic (exact) mass is 1080 g/mol. The zero-order valence-electron chi connectivity index (χ0n) is 40.5. The molecular weight excluding hydrogens is 1010 g/mol. The van der Waals surface area contributed by atoms with Crippen molar-refractivity contribution in [2.45, 2.75) is 122 Å². The number of para-hydroxylation sites is 2. The van der Waals surface area contributed by atoms with Gasteiger partial charge in [-0.05, 0) is 23.5 Å². The molecule has 348 valence electrons. The predicted molar refractivity (Wildman–Crippen MR) is 278 cm³/mol.